The standard InChI is InChI=1S/C15H22N2O/c1-12-8-14(13(2)15(9-12)11-18)10-17-6-4-16(3)5-7-17/h8-9,11H,4-7,10H2,1-3H3. The van der Waals surface area contributed by atoms with Gasteiger partial charge >= 0.3 is 0 Å². The number of likely N-dealkylation sites (N-methyl/N-ethyl adjacent to an activating group) is 1. The molecule has 18 heavy (non-hydrogen) atoms. The van der Waals surface area contributed by atoms with Crippen molar-refractivity contribution in [3.8, 4) is 0 Å². The van der Waals surface area contributed by atoms with Crippen LogP contribution in [0.4, 0.5) is 0 Å². The van der Waals surface area contributed by atoms with E-state index < -0.39 is 0 Å². The van der Waals surface area contributed by atoms with Gasteiger partial charge in [0.15, 0.2) is 0 Å². The zero-order chi connectivity index (χ0) is 13.1. The Bertz CT molecular complexity index is 434. The van der Waals surface area contributed by atoms with Crippen molar-refractivity contribution in [2.75, 3.05) is 33.2 Å². The Hall–Kier alpha value is -1.19. The maximum absolute atomic E-state index is 11.0. The molecule has 0 amide bonds. The lowest BCUT2D eigenvalue weighted by Crippen LogP contribution is -2.44. The van der Waals surface area contributed by atoms with Crippen LogP contribution in [0.25, 0.3) is 0 Å². The maximum Gasteiger partial charge on any atom is 0.150 e. The summed E-state index contributed by atoms with van der Waals surface area (Å²) in [6.45, 7) is 9.55. The highest BCUT2D eigenvalue weighted by Crippen LogP contribution is 2.18. The van der Waals surface area contributed by atoms with Crippen molar-refractivity contribution < 1.29 is 4.79 Å². The molecule has 0 atom stereocenters. The third-order valence-electron chi connectivity index (χ3n) is 3.82. The van der Waals surface area contributed by atoms with Crippen molar-refractivity contribution in [3.05, 3.63) is 34.4 Å². The van der Waals surface area contributed by atoms with E-state index in [4.69, 9.17) is 0 Å². The third-order valence-corrected chi connectivity index (χ3v) is 3.82. The summed E-state index contributed by atoms with van der Waals surface area (Å²) >= 11 is 0. The molecule has 3 heteroatoms. The molecule has 0 aromatic heterocycles. The molecule has 1 aliphatic rings. The number of aryl methyl sites for hydroxylation is 1. The average Bonchev–Trinajstić information content (AvgIpc) is 2.36. The van der Waals surface area contributed by atoms with Gasteiger partial charge in [-0.15, -0.1) is 0 Å². The summed E-state index contributed by atoms with van der Waals surface area (Å²) in [6, 6.07) is 4.18. The number of hydrogen-bond donors (Lipinski definition) is 0. The van der Waals surface area contributed by atoms with Gasteiger partial charge in [0, 0.05) is 38.3 Å². The first-order chi connectivity index (χ1) is 8.60. The van der Waals surface area contributed by atoms with Gasteiger partial charge in [-0.2, -0.15) is 0 Å². The molecule has 0 bridgehead atoms. The molecule has 0 spiro atoms. The Balaban J connectivity index is 2.13. The third kappa shape index (κ3) is 2.98. The topological polar surface area (TPSA) is 23.6 Å². The van der Waals surface area contributed by atoms with Crippen molar-refractivity contribution >= 4 is 6.29 Å². The minimum atomic E-state index is 0.833. The van der Waals surface area contributed by atoms with E-state index in [1.165, 1.54) is 11.1 Å². The van der Waals surface area contributed by atoms with E-state index in [1.807, 2.05) is 6.07 Å². The van der Waals surface area contributed by atoms with Crippen molar-refractivity contribution in [2.45, 2.75) is 20.4 Å². The van der Waals surface area contributed by atoms with Crippen LogP contribution in [-0.4, -0.2) is 49.3 Å². The summed E-state index contributed by atoms with van der Waals surface area (Å²) in [7, 11) is 2.17. The molecule has 1 aromatic rings. The van der Waals surface area contributed by atoms with E-state index >= 15 is 0 Å². The second-order valence-electron chi connectivity index (χ2n) is 5.34. The molecule has 3 nitrogen and oxygen atoms in total. The molecule has 98 valence electrons. The first-order valence-electron chi connectivity index (χ1n) is 6.56. The Labute approximate surface area is 109 Å². The molecule has 1 saturated heterocycles. The van der Waals surface area contributed by atoms with Crippen molar-refractivity contribution in [1.82, 2.24) is 9.80 Å². The summed E-state index contributed by atoms with van der Waals surface area (Å²) in [5.41, 5.74) is 4.43. The van der Waals surface area contributed by atoms with Gasteiger partial charge in [0.25, 0.3) is 0 Å². The van der Waals surface area contributed by atoms with Gasteiger partial charge < -0.3 is 4.90 Å². The highest BCUT2D eigenvalue weighted by atomic mass is 16.1. The molecule has 2 rings (SSSR count). The van der Waals surface area contributed by atoms with Gasteiger partial charge in [-0.05, 0) is 38.1 Å². The van der Waals surface area contributed by atoms with E-state index in [9.17, 15) is 4.79 Å². The van der Waals surface area contributed by atoms with E-state index in [1.54, 1.807) is 0 Å². The van der Waals surface area contributed by atoms with Crippen LogP contribution >= 0.6 is 0 Å². The predicted octanol–water partition coefficient (Wildman–Crippen LogP) is 1.86. The second-order valence-corrected chi connectivity index (χ2v) is 5.34. The van der Waals surface area contributed by atoms with E-state index in [0.29, 0.717) is 0 Å². The molecular weight excluding hydrogens is 224 g/mol. The number of aldehydes is 1. The molecule has 0 N–H and O–H groups in total. The minimum Gasteiger partial charge on any atom is -0.304 e. The second kappa shape index (κ2) is 5.63. The van der Waals surface area contributed by atoms with Crippen molar-refractivity contribution in [1.29, 1.82) is 0 Å². The van der Waals surface area contributed by atoms with Crippen LogP contribution in [0.5, 0.6) is 0 Å². The minimum absolute atomic E-state index is 0.833. The number of benzene rings is 1. The highest BCUT2D eigenvalue weighted by Gasteiger charge is 2.15. The number of nitrogens with zero attached hydrogens (tertiary/aromatic N) is 2. The van der Waals surface area contributed by atoms with Gasteiger partial charge in [0.05, 0.1) is 0 Å². The lowest BCUT2D eigenvalue weighted by atomic mass is 9.99. The lowest BCUT2D eigenvalue weighted by Gasteiger charge is -2.32. The molecule has 0 aliphatic carbocycles. The summed E-state index contributed by atoms with van der Waals surface area (Å²) in [5, 5.41) is 0. The fourth-order valence-electron chi connectivity index (χ4n) is 2.50. The fraction of sp³-hybridized carbons (Fsp3) is 0.533. The molecule has 0 radical (unpaired) electrons. The van der Waals surface area contributed by atoms with E-state index in [0.717, 1.165) is 50.1 Å². The smallest absolute Gasteiger partial charge is 0.150 e. The lowest BCUT2D eigenvalue weighted by molar-refractivity contribution is 0.112. The monoisotopic (exact) mass is 246 g/mol. The Morgan fingerprint density at radius 1 is 1.17 bits per heavy atom. The summed E-state index contributed by atoms with van der Waals surface area (Å²) in [5.74, 6) is 0. The van der Waals surface area contributed by atoms with Gasteiger partial charge in [0.1, 0.15) is 6.29 Å². The molecule has 1 heterocycles. The summed E-state index contributed by atoms with van der Waals surface area (Å²) in [6.07, 6.45) is 0.968. The molecule has 0 saturated carbocycles. The Morgan fingerprint density at radius 3 is 2.44 bits per heavy atom. The molecule has 0 unspecified atom stereocenters. The van der Waals surface area contributed by atoms with Crippen LogP contribution in [0.1, 0.15) is 27.0 Å². The Kier molecular flexibility index (Phi) is 4.15. The number of piperazine rings is 1. The van der Waals surface area contributed by atoms with Crippen LogP contribution in [0, 0.1) is 13.8 Å². The summed E-state index contributed by atoms with van der Waals surface area (Å²) < 4.78 is 0. The zero-order valence-corrected chi connectivity index (χ0v) is 11.6. The molecular formula is C15H22N2O. The fourth-order valence-corrected chi connectivity index (χ4v) is 2.50. The largest absolute Gasteiger partial charge is 0.304 e. The quantitative estimate of drug-likeness (QED) is 0.761. The molecule has 1 aromatic carbocycles. The van der Waals surface area contributed by atoms with Gasteiger partial charge in [-0.25, -0.2) is 0 Å². The van der Waals surface area contributed by atoms with Gasteiger partial charge in [-0.3, -0.25) is 9.69 Å². The van der Waals surface area contributed by atoms with Gasteiger partial charge in [-0.1, -0.05) is 11.6 Å². The average molecular weight is 246 g/mol. The van der Waals surface area contributed by atoms with E-state index in [-0.39, 0.29) is 0 Å². The van der Waals surface area contributed by atoms with Crippen LogP contribution < -0.4 is 0 Å². The number of hydrogen-bond acceptors (Lipinski definition) is 3. The first-order valence-corrected chi connectivity index (χ1v) is 6.56. The molecule has 1 aliphatic heterocycles. The number of rotatable bonds is 3. The maximum atomic E-state index is 11.0. The molecule has 1 fully saturated rings. The number of carbonyl (C=O) groups excluding carboxylic acids is 1. The SMILES string of the molecule is Cc1cc(C=O)c(C)c(CN2CCN(C)CC2)c1. The number of carbonyl (C=O) groups is 1. The zero-order valence-electron chi connectivity index (χ0n) is 11.6. The van der Waals surface area contributed by atoms with E-state index in [2.05, 4.69) is 36.8 Å². The first kappa shape index (κ1) is 13.2. The van der Waals surface area contributed by atoms with Crippen LogP contribution in [0.15, 0.2) is 12.1 Å². The van der Waals surface area contributed by atoms with Gasteiger partial charge in [0.2, 0.25) is 0 Å². The summed E-state index contributed by atoms with van der Waals surface area (Å²) in [4.78, 5) is 15.9. The Morgan fingerprint density at radius 2 is 1.83 bits per heavy atom. The normalized spacial score (nSPS) is 17.9. The predicted molar refractivity (Wildman–Crippen MR) is 74.1 cm³/mol. The van der Waals surface area contributed by atoms with Crippen LogP contribution in [0.2, 0.25) is 0 Å². The van der Waals surface area contributed by atoms with Crippen LogP contribution in [-0.2, 0) is 6.54 Å². The van der Waals surface area contributed by atoms with Crippen LogP contribution in [0.3, 0.4) is 0 Å². The van der Waals surface area contributed by atoms with Crippen molar-refractivity contribution in [2.24, 2.45) is 0 Å². The van der Waals surface area contributed by atoms with Crippen molar-refractivity contribution in [3.63, 3.8) is 0 Å². The highest BCUT2D eigenvalue weighted by molar-refractivity contribution is 5.78.